The smallest absolute Gasteiger partial charge is 0.872 e. The van der Waals surface area contributed by atoms with E-state index in [4.69, 9.17) is 15.3 Å². The number of carboxylic acids is 2. The van der Waals surface area contributed by atoms with Gasteiger partial charge < -0.3 is 51.5 Å². The summed E-state index contributed by atoms with van der Waals surface area (Å²) in [6.07, 6.45) is 14.0. The van der Waals surface area contributed by atoms with Gasteiger partial charge in [-0.05, 0) is 58.1 Å². The van der Waals surface area contributed by atoms with Gasteiger partial charge in [0.05, 0.1) is 5.56 Å². The summed E-state index contributed by atoms with van der Waals surface area (Å²) in [5.41, 5.74) is 0.497. The zero-order chi connectivity index (χ0) is 37.8. The van der Waals surface area contributed by atoms with Gasteiger partial charge >= 0.3 is 94.6 Å². The quantitative estimate of drug-likeness (QED) is 0.0490. The first-order valence-electron chi connectivity index (χ1n) is 17.8. The van der Waals surface area contributed by atoms with Crippen molar-refractivity contribution in [1.82, 2.24) is 10.6 Å². The van der Waals surface area contributed by atoms with Crippen molar-refractivity contribution in [3.05, 3.63) is 59.7 Å². The van der Waals surface area contributed by atoms with Gasteiger partial charge in [-0.25, -0.2) is 0 Å². The maximum Gasteiger partial charge on any atom is 1.00 e. The molecule has 0 fully saturated rings. The van der Waals surface area contributed by atoms with Gasteiger partial charge in [0, 0.05) is 44.3 Å². The SMILES string of the molecule is CCO.CCO.O=C(O)CCCCCCCCCNC(=O)c1ccccc1O.O=C([O-])CCCCCCCCCNC(=O)c1ccccc1[O-].[Na+].[Na+].[Na+].[OH-]. The number of aliphatic hydroxyl groups is 2. The van der Waals surface area contributed by atoms with E-state index in [-0.39, 0.29) is 149 Å². The number of aromatic hydroxyl groups is 1. The Morgan fingerprint density at radius 1 is 0.574 bits per heavy atom. The number of para-hydroxylation sites is 2. The predicted molar refractivity (Wildman–Crippen MR) is 193 cm³/mol. The minimum Gasteiger partial charge on any atom is -0.872 e. The Balaban J connectivity index is -0.000000174. The van der Waals surface area contributed by atoms with Crippen molar-refractivity contribution in [2.75, 3.05) is 26.3 Å². The van der Waals surface area contributed by atoms with E-state index in [1.807, 2.05) is 0 Å². The maximum atomic E-state index is 11.8. The number of phenols is 1. The summed E-state index contributed by atoms with van der Waals surface area (Å²) in [7, 11) is 0. The van der Waals surface area contributed by atoms with Crippen molar-refractivity contribution in [1.29, 1.82) is 0 Å². The van der Waals surface area contributed by atoms with Crippen LogP contribution in [-0.2, 0) is 9.59 Å². The average Bonchev–Trinajstić information content (AvgIpc) is 3.07. The predicted octanol–water partition coefficient (Wildman–Crippen LogP) is -4.48. The van der Waals surface area contributed by atoms with Crippen LogP contribution >= 0.6 is 0 Å². The van der Waals surface area contributed by atoms with Crippen LogP contribution in [0.1, 0.15) is 137 Å². The van der Waals surface area contributed by atoms with Gasteiger partial charge in [-0.2, -0.15) is 0 Å². The third kappa shape index (κ3) is 42.0. The van der Waals surface area contributed by atoms with Crippen molar-refractivity contribution in [3.63, 3.8) is 0 Å². The van der Waals surface area contributed by atoms with Crippen LogP contribution in [0.25, 0.3) is 0 Å². The summed E-state index contributed by atoms with van der Waals surface area (Å²) in [6, 6.07) is 12.7. The van der Waals surface area contributed by atoms with Crippen LogP contribution in [0.5, 0.6) is 11.5 Å². The summed E-state index contributed by atoms with van der Waals surface area (Å²) < 4.78 is 0. The van der Waals surface area contributed by atoms with Crippen LogP contribution in [0, 0.1) is 0 Å². The number of carboxylic acid groups (broad SMARTS) is 2. The molecule has 292 valence electrons. The molecule has 0 saturated carbocycles. The third-order valence-corrected chi connectivity index (χ3v) is 6.98. The zero-order valence-electron chi connectivity index (χ0n) is 33.4. The number of nitrogens with one attached hydrogen (secondary N) is 2. The second-order valence-corrected chi connectivity index (χ2v) is 11.4. The largest absolute Gasteiger partial charge is 1.00 e. The molecule has 2 aromatic rings. The van der Waals surface area contributed by atoms with E-state index in [9.17, 15) is 34.5 Å². The van der Waals surface area contributed by atoms with Crippen LogP contribution in [0.3, 0.4) is 0 Å². The number of hydrogen-bond donors (Lipinski definition) is 6. The monoisotopic (exact) mass is 790 g/mol. The number of carbonyl (C=O) groups excluding carboxylic acids is 3. The standard InChI is InChI=1S/2C17H25NO4.2C2H6O.3Na.H2O/c2*19-15-11-8-7-10-14(15)17(22)18-13-9-5-3-1-2-4-6-12-16(20)21;2*1-2-3;;;;/h2*7-8,10-11,19H,1-6,9,12-13H2,(H,18,22)(H,20,21);2*3H,2H2,1H3;;;;1H2/q;;;;3*+1;/p-3. The normalized spacial score (nSPS) is 9.11. The molecule has 2 rings (SSSR count). The van der Waals surface area contributed by atoms with E-state index >= 15 is 0 Å². The van der Waals surface area contributed by atoms with Crippen molar-refractivity contribution >= 4 is 23.8 Å². The minimum atomic E-state index is -0.976. The number of phenolic OH excluding ortho intramolecular Hbond substituents is 1. The van der Waals surface area contributed by atoms with E-state index in [0.717, 1.165) is 83.5 Å². The fourth-order valence-electron chi connectivity index (χ4n) is 4.48. The molecule has 0 atom stereocenters. The molecule has 16 heteroatoms. The molecule has 0 radical (unpaired) electrons. The number of aliphatic carboxylic acids is 2. The molecule has 0 aliphatic carbocycles. The molecule has 0 aliphatic rings. The summed E-state index contributed by atoms with van der Waals surface area (Å²) in [5, 5.41) is 60.4. The third-order valence-electron chi connectivity index (χ3n) is 6.98. The van der Waals surface area contributed by atoms with Crippen molar-refractivity contribution in [3.8, 4) is 11.5 Å². The van der Waals surface area contributed by atoms with Gasteiger partial charge in [-0.3, -0.25) is 14.4 Å². The topological polar surface area (TPSA) is 249 Å². The fourth-order valence-corrected chi connectivity index (χ4v) is 4.48. The van der Waals surface area contributed by atoms with Gasteiger partial charge in [0.2, 0.25) is 0 Å². The first-order chi connectivity index (χ1) is 24.0. The number of carbonyl (C=O) groups is 4. The molecule has 0 heterocycles. The Kier molecular flexibility index (Phi) is 57.4. The van der Waals surface area contributed by atoms with E-state index in [0.29, 0.717) is 25.1 Å². The van der Waals surface area contributed by atoms with Gasteiger partial charge in [-0.1, -0.05) is 106 Å². The minimum absolute atomic E-state index is 0. The number of hydrogen-bond acceptors (Lipinski definition) is 10. The van der Waals surface area contributed by atoms with Crippen LogP contribution in [0.4, 0.5) is 0 Å². The van der Waals surface area contributed by atoms with Crippen LogP contribution < -0.4 is 110 Å². The molecule has 0 unspecified atom stereocenters. The Hall–Kier alpha value is -1.20. The number of rotatable bonds is 22. The van der Waals surface area contributed by atoms with Crippen molar-refractivity contribution in [2.45, 2.75) is 117 Å². The van der Waals surface area contributed by atoms with Gasteiger partial charge in [-0.15, -0.1) is 0 Å². The van der Waals surface area contributed by atoms with E-state index < -0.39 is 11.9 Å². The van der Waals surface area contributed by atoms with E-state index in [1.54, 1.807) is 44.2 Å². The summed E-state index contributed by atoms with van der Waals surface area (Å²) in [4.78, 5) is 44.1. The Labute approximate surface area is 388 Å². The van der Waals surface area contributed by atoms with E-state index in [2.05, 4.69) is 10.6 Å². The van der Waals surface area contributed by atoms with Crippen LogP contribution in [0.15, 0.2) is 48.5 Å². The zero-order valence-corrected chi connectivity index (χ0v) is 39.4. The number of amides is 2. The second-order valence-electron chi connectivity index (χ2n) is 11.4. The van der Waals surface area contributed by atoms with Gasteiger partial charge in [0.1, 0.15) is 5.75 Å². The average molecular weight is 791 g/mol. The molecule has 2 amide bonds. The van der Waals surface area contributed by atoms with Crippen LogP contribution in [-0.4, -0.2) is 76.0 Å². The Bertz CT molecular complexity index is 1090. The number of unbranched alkanes of at least 4 members (excludes halogenated alkanes) is 12. The Morgan fingerprint density at radius 2 is 0.907 bits per heavy atom. The molecule has 7 N–H and O–H groups in total. The first-order valence-corrected chi connectivity index (χ1v) is 17.8. The molecule has 54 heavy (non-hydrogen) atoms. The summed E-state index contributed by atoms with van der Waals surface area (Å²) in [6.45, 7) is 5.03. The van der Waals surface area contributed by atoms with Gasteiger partial charge in [0.15, 0.2) is 0 Å². The second kappa shape index (κ2) is 48.0. The Morgan fingerprint density at radius 3 is 1.30 bits per heavy atom. The molecular formula is C38H61N2Na3O11. The first kappa shape index (κ1) is 64.7. The molecule has 13 nitrogen and oxygen atoms in total. The summed E-state index contributed by atoms with van der Waals surface area (Å²) in [5.74, 6) is -2.51. The molecule has 2 aromatic carbocycles. The van der Waals surface area contributed by atoms with E-state index in [1.165, 1.54) is 18.2 Å². The maximum absolute atomic E-state index is 11.8. The molecule has 0 saturated heterocycles. The van der Waals surface area contributed by atoms with Crippen molar-refractivity contribution < 1.29 is 144 Å². The van der Waals surface area contributed by atoms with Gasteiger partial charge in [0.25, 0.3) is 11.8 Å². The number of aliphatic hydroxyl groups excluding tert-OH is 2. The fraction of sp³-hybridized carbons (Fsp3) is 0.579. The molecule has 0 bridgehead atoms. The molecule has 0 aliphatic heterocycles. The molecule has 0 aromatic heterocycles. The number of benzene rings is 2. The summed E-state index contributed by atoms with van der Waals surface area (Å²) >= 11 is 0. The molecule has 0 spiro atoms. The van der Waals surface area contributed by atoms with Crippen LogP contribution in [0.2, 0.25) is 0 Å². The van der Waals surface area contributed by atoms with Crippen molar-refractivity contribution in [2.24, 2.45) is 0 Å². The molecular weight excluding hydrogens is 729 g/mol.